The quantitative estimate of drug-likeness (QED) is 0.505. The summed E-state index contributed by atoms with van der Waals surface area (Å²) in [5.74, 6) is 0.740. The first-order valence-electron chi connectivity index (χ1n) is 10.5. The van der Waals surface area contributed by atoms with Crippen molar-refractivity contribution in [1.29, 1.82) is 0 Å². The summed E-state index contributed by atoms with van der Waals surface area (Å²) >= 11 is 1.31. The van der Waals surface area contributed by atoms with E-state index in [-0.39, 0.29) is 16.6 Å². The molecule has 0 unspecified atom stereocenters. The average Bonchev–Trinajstić information content (AvgIpc) is 3.49. The molecule has 1 fully saturated rings. The number of hydrogen-bond donors (Lipinski definition) is 1. The number of carbonyl (C=O) groups excluding carboxylic acids is 1. The second-order valence-electron chi connectivity index (χ2n) is 7.39. The molecule has 1 aromatic heterocycles. The molecule has 3 aromatic rings. The molecule has 0 spiro atoms. The lowest BCUT2D eigenvalue weighted by molar-refractivity contribution is -0.113. The Bertz CT molecular complexity index is 1170. The number of aromatic nitrogens is 3. The highest BCUT2D eigenvalue weighted by atomic mass is 32.2. The lowest BCUT2D eigenvalue weighted by Gasteiger charge is -2.15. The van der Waals surface area contributed by atoms with Gasteiger partial charge in [-0.05, 0) is 44.0 Å². The molecule has 1 aliphatic rings. The number of benzene rings is 2. The minimum atomic E-state index is -3.46. The molecule has 1 amide bonds. The van der Waals surface area contributed by atoms with Crippen LogP contribution in [-0.2, 0) is 21.4 Å². The van der Waals surface area contributed by atoms with E-state index in [4.69, 9.17) is 0 Å². The summed E-state index contributed by atoms with van der Waals surface area (Å²) in [6.07, 6.45) is 1.79. The number of thioether (sulfide) groups is 1. The third-order valence-electron chi connectivity index (χ3n) is 5.24. The Morgan fingerprint density at radius 3 is 2.38 bits per heavy atom. The normalized spacial score (nSPS) is 14.5. The number of sulfonamides is 1. The van der Waals surface area contributed by atoms with E-state index in [9.17, 15) is 13.2 Å². The van der Waals surface area contributed by atoms with Crippen LogP contribution in [0.2, 0.25) is 0 Å². The second-order valence-corrected chi connectivity index (χ2v) is 10.3. The zero-order valence-corrected chi connectivity index (χ0v) is 19.4. The maximum Gasteiger partial charge on any atom is 0.243 e. The number of nitrogens with one attached hydrogen (secondary N) is 1. The molecule has 0 aliphatic carbocycles. The van der Waals surface area contributed by atoms with Crippen LogP contribution in [0, 0.1) is 0 Å². The van der Waals surface area contributed by atoms with Crippen molar-refractivity contribution in [2.75, 3.05) is 24.2 Å². The Labute approximate surface area is 192 Å². The maximum atomic E-state index is 12.6. The number of rotatable bonds is 8. The van der Waals surface area contributed by atoms with Crippen molar-refractivity contribution in [3.8, 4) is 11.4 Å². The van der Waals surface area contributed by atoms with Gasteiger partial charge in [-0.2, -0.15) is 4.31 Å². The molecule has 32 heavy (non-hydrogen) atoms. The fourth-order valence-corrected chi connectivity index (χ4v) is 5.92. The summed E-state index contributed by atoms with van der Waals surface area (Å²) in [6, 6.07) is 16.1. The van der Waals surface area contributed by atoms with Crippen LogP contribution < -0.4 is 5.32 Å². The van der Waals surface area contributed by atoms with Gasteiger partial charge in [0.15, 0.2) is 11.0 Å². The van der Waals surface area contributed by atoms with Crippen LogP contribution in [0.5, 0.6) is 0 Å². The van der Waals surface area contributed by atoms with Gasteiger partial charge in [0.2, 0.25) is 15.9 Å². The molecule has 10 heteroatoms. The highest BCUT2D eigenvalue weighted by Crippen LogP contribution is 2.25. The van der Waals surface area contributed by atoms with Gasteiger partial charge < -0.3 is 9.88 Å². The highest BCUT2D eigenvalue weighted by molar-refractivity contribution is 7.99. The van der Waals surface area contributed by atoms with Crippen LogP contribution in [0.3, 0.4) is 0 Å². The number of hydrogen-bond acceptors (Lipinski definition) is 6. The molecule has 2 aromatic carbocycles. The van der Waals surface area contributed by atoms with E-state index in [2.05, 4.69) is 15.5 Å². The smallest absolute Gasteiger partial charge is 0.243 e. The number of anilines is 1. The lowest BCUT2D eigenvalue weighted by atomic mass is 10.2. The van der Waals surface area contributed by atoms with Crippen molar-refractivity contribution >= 4 is 33.4 Å². The Balaban J connectivity index is 1.37. The van der Waals surface area contributed by atoms with Crippen molar-refractivity contribution in [3.63, 3.8) is 0 Å². The van der Waals surface area contributed by atoms with Crippen molar-refractivity contribution in [1.82, 2.24) is 19.1 Å². The van der Waals surface area contributed by atoms with Crippen LogP contribution in [0.1, 0.15) is 19.8 Å². The first-order valence-corrected chi connectivity index (χ1v) is 12.9. The van der Waals surface area contributed by atoms with Gasteiger partial charge in [-0.1, -0.05) is 42.1 Å². The third-order valence-corrected chi connectivity index (χ3v) is 8.12. The van der Waals surface area contributed by atoms with Crippen molar-refractivity contribution in [3.05, 3.63) is 54.6 Å². The van der Waals surface area contributed by atoms with E-state index in [0.29, 0.717) is 30.5 Å². The predicted octanol–water partition coefficient (Wildman–Crippen LogP) is 3.48. The standard InChI is InChI=1S/C22H25N5O3S2/c1-2-27-21(17-8-4-3-5-9-17)24-25-22(27)31-16-20(28)23-18-10-12-19(13-11-18)32(29,30)26-14-6-7-15-26/h3-5,8-13H,2,6-7,14-16H2,1H3,(H,23,28). The van der Waals surface area contributed by atoms with E-state index in [0.717, 1.165) is 24.2 Å². The van der Waals surface area contributed by atoms with Crippen LogP contribution in [0.25, 0.3) is 11.4 Å². The van der Waals surface area contributed by atoms with Gasteiger partial charge >= 0.3 is 0 Å². The number of amides is 1. The largest absolute Gasteiger partial charge is 0.325 e. The Morgan fingerprint density at radius 1 is 1.03 bits per heavy atom. The lowest BCUT2D eigenvalue weighted by Crippen LogP contribution is -2.27. The van der Waals surface area contributed by atoms with Gasteiger partial charge in [-0.15, -0.1) is 10.2 Å². The Kier molecular flexibility index (Phi) is 6.92. The highest BCUT2D eigenvalue weighted by Gasteiger charge is 2.27. The monoisotopic (exact) mass is 471 g/mol. The van der Waals surface area contributed by atoms with E-state index in [1.165, 1.54) is 28.2 Å². The molecular formula is C22H25N5O3S2. The zero-order chi connectivity index (χ0) is 22.6. The van der Waals surface area contributed by atoms with Gasteiger partial charge in [0.1, 0.15) is 0 Å². The van der Waals surface area contributed by atoms with Gasteiger partial charge in [0.25, 0.3) is 0 Å². The molecule has 1 aliphatic heterocycles. The molecule has 8 nitrogen and oxygen atoms in total. The fraction of sp³-hybridized carbons (Fsp3) is 0.318. The molecule has 0 radical (unpaired) electrons. The van der Waals surface area contributed by atoms with Crippen LogP contribution in [0.4, 0.5) is 5.69 Å². The van der Waals surface area contributed by atoms with Crippen molar-refractivity contribution in [2.24, 2.45) is 0 Å². The summed E-state index contributed by atoms with van der Waals surface area (Å²) in [5, 5.41) is 12.0. The summed E-state index contributed by atoms with van der Waals surface area (Å²) in [4.78, 5) is 12.7. The van der Waals surface area contributed by atoms with Crippen LogP contribution >= 0.6 is 11.8 Å². The summed E-state index contributed by atoms with van der Waals surface area (Å²) < 4.78 is 28.7. The molecule has 0 saturated carbocycles. The van der Waals surface area contributed by atoms with Crippen molar-refractivity contribution in [2.45, 2.75) is 36.4 Å². The minimum absolute atomic E-state index is 0.167. The Hall–Kier alpha value is -2.69. The first kappa shape index (κ1) is 22.5. The average molecular weight is 472 g/mol. The van der Waals surface area contributed by atoms with E-state index < -0.39 is 10.0 Å². The SMILES string of the molecule is CCn1c(SCC(=O)Nc2ccc(S(=O)(=O)N3CCCC3)cc2)nnc1-c1ccccc1. The van der Waals surface area contributed by atoms with Gasteiger partial charge in [0, 0.05) is 30.9 Å². The van der Waals surface area contributed by atoms with E-state index >= 15 is 0 Å². The van der Waals surface area contributed by atoms with Crippen LogP contribution in [-0.4, -0.2) is 52.2 Å². The molecule has 2 heterocycles. The van der Waals surface area contributed by atoms with Crippen LogP contribution in [0.15, 0.2) is 64.6 Å². The van der Waals surface area contributed by atoms with Gasteiger partial charge in [-0.3, -0.25) is 4.79 Å². The van der Waals surface area contributed by atoms with Gasteiger partial charge in [0.05, 0.1) is 10.6 Å². The number of nitrogens with zero attached hydrogens (tertiary/aromatic N) is 4. The fourth-order valence-electron chi connectivity index (χ4n) is 3.60. The molecule has 1 N–H and O–H groups in total. The molecule has 0 atom stereocenters. The third kappa shape index (κ3) is 4.87. The van der Waals surface area contributed by atoms with E-state index in [1.807, 2.05) is 41.8 Å². The molecular weight excluding hydrogens is 446 g/mol. The minimum Gasteiger partial charge on any atom is -0.325 e. The summed E-state index contributed by atoms with van der Waals surface area (Å²) in [7, 11) is -3.46. The first-order chi connectivity index (χ1) is 15.5. The van der Waals surface area contributed by atoms with Gasteiger partial charge in [-0.25, -0.2) is 8.42 Å². The van der Waals surface area contributed by atoms with E-state index in [1.54, 1.807) is 12.1 Å². The summed E-state index contributed by atoms with van der Waals surface area (Å²) in [6.45, 7) is 3.82. The van der Waals surface area contributed by atoms with Crippen molar-refractivity contribution < 1.29 is 13.2 Å². The molecule has 1 saturated heterocycles. The second kappa shape index (κ2) is 9.85. The summed E-state index contributed by atoms with van der Waals surface area (Å²) in [5.41, 5.74) is 1.53. The zero-order valence-electron chi connectivity index (χ0n) is 17.8. The molecule has 168 valence electrons. The topological polar surface area (TPSA) is 97.2 Å². The predicted molar refractivity (Wildman–Crippen MR) is 125 cm³/mol. The Morgan fingerprint density at radius 2 is 1.72 bits per heavy atom. The molecule has 4 rings (SSSR count). The molecule has 0 bridgehead atoms. The number of carbonyl (C=O) groups is 1. The maximum absolute atomic E-state index is 12.6.